The molecule has 1 aliphatic carbocycles. The summed E-state index contributed by atoms with van der Waals surface area (Å²) in [7, 11) is -3.79. The fraction of sp³-hybridized carbons (Fsp3) is 0.350. The number of amides is 1. The van der Waals surface area contributed by atoms with Gasteiger partial charge in [0, 0.05) is 11.6 Å². The van der Waals surface area contributed by atoms with Crippen molar-refractivity contribution < 1.29 is 13.2 Å². The zero-order valence-electron chi connectivity index (χ0n) is 15.2. The normalized spacial score (nSPS) is 14.7. The van der Waals surface area contributed by atoms with Crippen molar-refractivity contribution in [1.29, 1.82) is 0 Å². The third-order valence-electron chi connectivity index (χ3n) is 4.30. The molecular formula is C20H24N2O3S. The van der Waals surface area contributed by atoms with Crippen LogP contribution in [0.25, 0.3) is 0 Å². The van der Waals surface area contributed by atoms with E-state index in [1.807, 2.05) is 32.9 Å². The Hall–Kier alpha value is -2.34. The number of benzene rings is 2. The Morgan fingerprint density at radius 1 is 1.04 bits per heavy atom. The predicted molar refractivity (Wildman–Crippen MR) is 103 cm³/mol. The Bertz CT molecular complexity index is 926. The highest BCUT2D eigenvalue weighted by atomic mass is 32.2. The molecule has 1 saturated carbocycles. The molecule has 1 fully saturated rings. The van der Waals surface area contributed by atoms with Gasteiger partial charge >= 0.3 is 0 Å². The van der Waals surface area contributed by atoms with Gasteiger partial charge in [0.1, 0.15) is 0 Å². The topological polar surface area (TPSA) is 75.3 Å². The standard InChI is InChI=1S/C20H24N2O3S/c1-20(2,3)17-9-4-5-10-18(17)22-26(24,25)16-8-6-7-14(13-16)19(23)21-15-11-12-15/h4-10,13,15,22H,11-12H2,1-3H3,(H,21,23). The van der Waals surface area contributed by atoms with Crippen molar-refractivity contribution in [1.82, 2.24) is 5.32 Å². The van der Waals surface area contributed by atoms with Crippen molar-refractivity contribution in [3.05, 3.63) is 59.7 Å². The number of anilines is 1. The quantitative estimate of drug-likeness (QED) is 0.841. The van der Waals surface area contributed by atoms with E-state index in [9.17, 15) is 13.2 Å². The maximum atomic E-state index is 12.8. The van der Waals surface area contributed by atoms with E-state index in [-0.39, 0.29) is 22.3 Å². The van der Waals surface area contributed by atoms with E-state index in [1.54, 1.807) is 24.3 Å². The van der Waals surface area contributed by atoms with Gasteiger partial charge in [0.25, 0.3) is 15.9 Å². The molecule has 1 aliphatic rings. The minimum atomic E-state index is -3.79. The number of hydrogen-bond donors (Lipinski definition) is 2. The van der Waals surface area contributed by atoms with Gasteiger partial charge in [0.2, 0.25) is 0 Å². The SMILES string of the molecule is CC(C)(C)c1ccccc1NS(=O)(=O)c1cccc(C(=O)NC2CC2)c1. The van der Waals surface area contributed by atoms with Crippen LogP contribution >= 0.6 is 0 Å². The van der Waals surface area contributed by atoms with E-state index < -0.39 is 10.0 Å². The lowest BCUT2D eigenvalue weighted by atomic mass is 9.86. The fourth-order valence-electron chi connectivity index (χ4n) is 2.73. The van der Waals surface area contributed by atoms with Gasteiger partial charge in [-0.05, 0) is 48.1 Å². The summed E-state index contributed by atoms with van der Waals surface area (Å²) in [5, 5.41) is 2.87. The van der Waals surface area contributed by atoms with Gasteiger partial charge < -0.3 is 5.32 Å². The van der Waals surface area contributed by atoms with Crippen LogP contribution in [0.4, 0.5) is 5.69 Å². The molecule has 0 unspecified atom stereocenters. The van der Waals surface area contributed by atoms with E-state index >= 15 is 0 Å². The molecule has 0 bridgehead atoms. The highest BCUT2D eigenvalue weighted by Gasteiger charge is 2.25. The van der Waals surface area contributed by atoms with Gasteiger partial charge in [0.05, 0.1) is 10.6 Å². The van der Waals surface area contributed by atoms with Crippen molar-refractivity contribution in [2.75, 3.05) is 4.72 Å². The van der Waals surface area contributed by atoms with E-state index in [1.165, 1.54) is 12.1 Å². The first-order chi connectivity index (χ1) is 12.2. The van der Waals surface area contributed by atoms with Crippen molar-refractivity contribution in [2.24, 2.45) is 0 Å². The van der Waals surface area contributed by atoms with Crippen LogP contribution in [0.15, 0.2) is 53.4 Å². The summed E-state index contributed by atoms with van der Waals surface area (Å²) < 4.78 is 28.4. The Morgan fingerprint density at radius 2 is 1.73 bits per heavy atom. The fourth-order valence-corrected chi connectivity index (χ4v) is 3.86. The zero-order chi connectivity index (χ0) is 18.9. The molecule has 1 amide bonds. The molecule has 2 aromatic carbocycles. The summed E-state index contributed by atoms with van der Waals surface area (Å²) in [4.78, 5) is 12.3. The molecule has 0 atom stereocenters. The third-order valence-corrected chi connectivity index (χ3v) is 5.66. The van der Waals surface area contributed by atoms with Crippen molar-refractivity contribution >= 4 is 21.6 Å². The molecule has 0 aliphatic heterocycles. The number of sulfonamides is 1. The van der Waals surface area contributed by atoms with E-state index in [0.717, 1.165) is 18.4 Å². The second-order valence-corrected chi connectivity index (χ2v) is 9.36. The molecule has 26 heavy (non-hydrogen) atoms. The minimum absolute atomic E-state index is 0.0738. The molecule has 2 aromatic rings. The van der Waals surface area contributed by atoms with Crippen molar-refractivity contribution in [2.45, 2.75) is 50.0 Å². The molecule has 5 nitrogen and oxygen atoms in total. The van der Waals surface area contributed by atoms with Gasteiger partial charge in [-0.3, -0.25) is 9.52 Å². The highest BCUT2D eigenvalue weighted by Crippen LogP contribution is 2.30. The molecule has 2 N–H and O–H groups in total. The molecule has 0 spiro atoms. The monoisotopic (exact) mass is 372 g/mol. The number of para-hydroxylation sites is 1. The summed E-state index contributed by atoms with van der Waals surface area (Å²) in [6.07, 6.45) is 1.96. The lowest BCUT2D eigenvalue weighted by Gasteiger charge is -2.23. The maximum Gasteiger partial charge on any atom is 0.261 e. The number of rotatable bonds is 5. The van der Waals surface area contributed by atoms with Crippen molar-refractivity contribution in [3.63, 3.8) is 0 Å². The first kappa shape index (κ1) is 18.5. The Morgan fingerprint density at radius 3 is 2.38 bits per heavy atom. The first-order valence-corrected chi connectivity index (χ1v) is 10.2. The van der Waals surface area contributed by atoms with Crippen LogP contribution in [0.3, 0.4) is 0 Å². The second kappa shape index (κ2) is 6.76. The van der Waals surface area contributed by atoms with Crippen LogP contribution in [0, 0.1) is 0 Å². The number of carbonyl (C=O) groups excluding carboxylic acids is 1. The maximum absolute atomic E-state index is 12.8. The van der Waals surface area contributed by atoms with Crippen LogP contribution < -0.4 is 10.0 Å². The molecule has 3 rings (SSSR count). The predicted octanol–water partition coefficient (Wildman–Crippen LogP) is 3.68. The van der Waals surface area contributed by atoms with Crippen LogP contribution in [0.5, 0.6) is 0 Å². The molecular weight excluding hydrogens is 348 g/mol. The summed E-state index contributed by atoms with van der Waals surface area (Å²) in [5.41, 5.74) is 1.60. The minimum Gasteiger partial charge on any atom is -0.349 e. The molecule has 0 radical (unpaired) electrons. The van der Waals surface area contributed by atoms with Crippen LogP contribution in [-0.2, 0) is 15.4 Å². The van der Waals surface area contributed by atoms with Gasteiger partial charge in [-0.25, -0.2) is 8.42 Å². The smallest absolute Gasteiger partial charge is 0.261 e. The van der Waals surface area contributed by atoms with Gasteiger partial charge in [-0.1, -0.05) is 45.0 Å². The van der Waals surface area contributed by atoms with Gasteiger partial charge in [0.15, 0.2) is 0 Å². The van der Waals surface area contributed by atoms with E-state index in [0.29, 0.717) is 11.3 Å². The molecule has 138 valence electrons. The highest BCUT2D eigenvalue weighted by molar-refractivity contribution is 7.92. The number of nitrogens with one attached hydrogen (secondary N) is 2. The van der Waals surface area contributed by atoms with Crippen molar-refractivity contribution in [3.8, 4) is 0 Å². The van der Waals surface area contributed by atoms with E-state index in [2.05, 4.69) is 10.0 Å². The van der Waals surface area contributed by atoms with Crippen LogP contribution in [0.1, 0.15) is 49.5 Å². The Kier molecular flexibility index (Phi) is 4.80. The number of carbonyl (C=O) groups is 1. The second-order valence-electron chi connectivity index (χ2n) is 7.68. The summed E-state index contributed by atoms with van der Waals surface area (Å²) in [6.45, 7) is 6.09. The van der Waals surface area contributed by atoms with Gasteiger partial charge in [-0.15, -0.1) is 0 Å². The largest absolute Gasteiger partial charge is 0.349 e. The summed E-state index contributed by atoms with van der Waals surface area (Å²) >= 11 is 0. The molecule has 6 heteroatoms. The summed E-state index contributed by atoms with van der Waals surface area (Å²) in [5.74, 6) is -0.236. The molecule has 0 heterocycles. The average Bonchev–Trinajstić information content (AvgIpc) is 3.38. The van der Waals surface area contributed by atoms with Crippen LogP contribution in [-0.4, -0.2) is 20.4 Å². The third kappa shape index (κ3) is 4.25. The average molecular weight is 372 g/mol. The summed E-state index contributed by atoms with van der Waals surface area (Å²) in [6, 6.07) is 13.7. The molecule has 0 saturated heterocycles. The Balaban J connectivity index is 1.88. The van der Waals surface area contributed by atoms with E-state index in [4.69, 9.17) is 0 Å². The Labute approximate surface area is 154 Å². The number of hydrogen-bond acceptors (Lipinski definition) is 3. The zero-order valence-corrected chi connectivity index (χ0v) is 16.1. The molecule has 0 aromatic heterocycles. The first-order valence-electron chi connectivity index (χ1n) is 8.70. The van der Waals surface area contributed by atoms with Gasteiger partial charge in [-0.2, -0.15) is 0 Å². The lowest BCUT2D eigenvalue weighted by molar-refractivity contribution is 0.0951. The van der Waals surface area contributed by atoms with Crippen LogP contribution in [0.2, 0.25) is 0 Å². The lowest BCUT2D eigenvalue weighted by Crippen LogP contribution is -2.25.